The third kappa shape index (κ3) is 1.12. The molecule has 1 rings (SSSR count). The maximum Gasteiger partial charge on any atom is 0.141 e. The highest BCUT2D eigenvalue weighted by Crippen LogP contribution is 2.16. The first-order valence-electron chi connectivity index (χ1n) is 3.66. The molecule has 0 saturated heterocycles. The van der Waals surface area contributed by atoms with E-state index in [1.807, 2.05) is 0 Å². The molecule has 0 spiro atoms. The second-order valence-corrected chi connectivity index (χ2v) is 2.65. The molecule has 1 atom stereocenters. The lowest BCUT2D eigenvalue weighted by molar-refractivity contribution is -0.108. The van der Waals surface area contributed by atoms with Crippen molar-refractivity contribution >= 4 is 6.29 Å². The summed E-state index contributed by atoms with van der Waals surface area (Å²) in [6, 6.07) is 0.00463. The highest BCUT2D eigenvalue weighted by molar-refractivity contribution is 5.65. The topological polar surface area (TPSA) is 29.1 Å². The smallest absolute Gasteiger partial charge is 0.141 e. The van der Waals surface area contributed by atoms with Gasteiger partial charge < -0.3 is 10.1 Å². The average molecular weight is 139 g/mol. The zero-order valence-corrected chi connectivity index (χ0v) is 6.48. The van der Waals surface area contributed by atoms with Gasteiger partial charge in [-0.05, 0) is 18.9 Å². The van der Waals surface area contributed by atoms with E-state index in [4.69, 9.17) is 0 Å². The molecular weight excluding hydrogens is 126 g/mol. The van der Waals surface area contributed by atoms with Crippen LogP contribution in [-0.4, -0.2) is 18.9 Å². The van der Waals surface area contributed by atoms with Crippen molar-refractivity contribution in [2.24, 2.45) is 0 Å². The second kappa shape index (κ2) is 2.97. The van der Waals surface area contributed by atoms with Gasteiger partial charge in [0.25, 0.3) is 0 Å². The number of carbonyl (C=O) groups excluding carboxylic acids is 1. The minimum absolute atomic E-state index is 0.00463. The number of aldehydes is 1. The Kier molecular flexibility index (Phi) is 2.22. The normalized spacial score (nSPS) is 25.6. The van der Waals surface area contributed by atoms with Crippen LogP contribution in [0, 0.1) is 0 Å². The summed E-state index contributed by atoms with van der Waals surface area (Å²) in [7, 11) is 0. The van der Waals surface area contributed by atoms with Gasteiger partial charge in [0.05, 0.1) is 6.04 Å². The predicted octanol–water partition coefficient (Wildman–Crippen LogP) is 0.884. The van der Waals surface area contributed by atoms with Gasteiger partial charge in [-0.3, -0.25) is 0 Å². The summed E-state index contributed by atoms with van der Waals surface area (Å²) in [5.41, 5.74) is 2.61. The van der Waals surface area contributed by atoms with Crippen LogP contribution < -0.4 is 5.32 Å². The third-order valence-electron chi connectivity index (χ3n) is 2.03. The number of hydrogen-bond donors (Lipinski definition) is 1. The molecule has 1 aliphatic heterocycles. The van der Waals surface area contributed by atoms with Crippen LogP contribution in [0.15, 0.2) is 11.1 Å². The van der Waals surface area contributed by atoms with Crippen LogP contribution in [0.2, 0.25) is 0 Å². The highest BCUT2D eigenvalue weighted by Gasteiger charge is 2.19. The first kappa shape index (κ1) is 7.48. The van der Waals surface area contributed by atoms with Crippen molar-refractivity contribution in [3.05, 3.63) is 11.1 Å². The molecule has 56 valence electrons. The van der Waals surface area contributed by atoms with E-state index in [1.54, 1.807) is 0 Å². The molecule has 0 aromatic carbocycles. The predicted molar refractivity (Wildman–Crippen MR) is 40.8 cm³/mol. The SMILES string of the molecule is CCC1=C(C)CNC1C=O. The van der Waals surface area contributed by atoms with E-state index in [1.165, 1.54) is 11.1 Å². The molecule has 0 bridgehead atoms. The Labute approximate surface area is 61.3 Å². The molecule has 0 saturated carbocycles. The van der Waals surface area contributed by atoms with Crippen LogP contribution >= 0.6 is 0 Å². The molecule has 2 nitrogen and oxygen atoms in total. The van der Waals surface area contributed by atoms with E-state index in [-0.39, 0.29) is 6.04 Å². The van der Waals surface area contributed by atoms with Crippen molar-refractivity contribution in [3.63, 3.8) is 0 Å². The Bertz CT molecular complexity index is 172. The number of nitrogens with one attached hydrogen (secondary N) is 1. The fourth-order valence-corrected chi connectivity index (χ4v) is 1.42. The molecule has 1 unspecified atom stereocenters. The van der Waals surface area contributed by atoms with E-state index >= 15 is 0 Å². The fourth-order valence-electron chi connectivity index (χ4n) is 1.42. The largest absolute Gasteiger partial charge is 0.301 e. The first-order valence-corrected chi connectivity index (χ1v) is 3.66. The van der Waals surface area contributed by atoms with Gasteiger partial charge in [0.2, 0.25) is 0 Å². The van der Waals surface area contributed by atoms with Gasteiger partial charge in [0.1, 0.15) is 6.29 Å². The second-order valence-electron chi connectivity index (χ2n) is 2.65. The molecule has 0 fully saturated rings. The Hall–Kier alpha value is -0.630. The van der Waals surface area contributed by atoms with Crippen LogP contribution in [0.4, 0.5) is 0 Å². The standard InChI is InChI=1S/C8H13NO/c1-3-7-6(2)4-9-8(7)5-10/h5,8-9H,3-4H2,1-2H3. The minimum atomic E-state index is 0.00463. The summed E-state index contributed by atoms with van der Waals surface area (Å²) < 4.78 is 0. The van der Waals surface area contributed by atoms with Crippen LogP contribution in [0.25, 0.3) is 0 Å². The monoisotopic (exact) mass is 139 g/mol. The average Bonchev–Trinajstić information content (AvgIpc) is 2.30. The molecule has 0 radical (unpaired) electrons. The Morgan fingerprint density at radius 2 is 2.50 bits per heavy atom. The lowest BCUT2D eigenvalue weighted by Gasteiger charge is -2.04. The van der Waals surface area contributed by atoms with Crippen molar-refractivity contribution in [3.8, 4) is 0 Å². The lowest BCUT2D eigenvalue weighted by Crippen LogP contribution is -2.26. The highest BCUT2D eigenvalue weighted by atomic mass is 16.1. The summed E-state index contributed by atoms with van der Waals surface area (Å²) in [6.45, 7) is 5.05. The van der Waals surface area contributed by atoms with E-state index in [0.29, 0.717) is 0 Å². The third-order valence-corrected chi connectivity index (χ3v) is 2.03. The molecular formula is C8H13NO. The molecule has 1 heterocycles. The van der Waals surface area contributed by atoms with Crippen molar-refractivity contribution in [2.45, 2.75) is 26.3 Å². The number of hydrogen-bond acceptors (Lipinski definition) is 2. The summed E-state index contributed by atoms with van der Waals surface area (Å²) in [6.07, 6.45) is 1.97. The molecule has 0 aromatic heterocycles. The quantitative estimate of drug-likeness (QED) is 0.454. The summed E-state index contributed by atoms with van der Waals surface area (Å²) in [4.78, 5) is 10.4. The molecule has 10 heavy (non-hydrogen) atoms. The zero-order valence-electron chi connectivity index (χ0n) is 6.48. The van der Waals surface area contributed by atoms with Crippen molar-refractivity contribution in [2.75, 3.05) is 6.54 Å². The molecule has 2 heteroatoms. The van der Waals surface area contributed by atoms with Gasteiger partial charge in [-0.1, -0.05) is 12.5 Å². The molecule has 1 N–H and O–H groups in total. The van der Waals surface area contributed by atoms with Gasteiger partial charge in [0, 0.05) is 6.54 Å². The van der Waals surface area contributed by atoms with Crippen LogP contribution in [-0.2, 0) is 4.79 Å². The first-order chi connectivity index (χ1) is 4.79. The van der Waals surface area contributed by atoms with Gasteiger partial charge in [-0.15, -0.1) is 0 Å². The summed E-state index contributed by atoms with van der Waals surface area (Å²) in [5, 5.41) is 3.11. The number of carbonyl (C=O) groups is 1. The Balaban J connectivity index is 2.75. The van der Waals surface area contributed by atoms with Crippen LogP contribution in [0.5, 0.6) is 0 Å². The van der Waals surface area contributed by atoms with Crippen LogP contribution in [0.1, 0.15) is 20.3 Å². The fraction of sp³-hybridized carbons (Fsp3) is 0.625. The number of rotatable bonds is 2. The maximum absolute atomic E-state index is 10.4. The van der Waals surface area contributed by atoms with Crippen molar-refractivity contribution < 1.29 is 4.79 Å². The van der Waals surface area contributed by atoms with Crippen molar-refractivity contribution in [1.29, 1.82) is 0 Å². The van der Waals surface area contributed by atoms with E-state index < -0.39 is 0 Å². The van der Waals surface area contributed by atoms with E-state index in [0.717, 1.165) is 19.3 Å². The maximum atomic E-state index is 10.4. The van der Waals surface area contributed by atoms with Gasteiger partial charge in [-0.2, -0.15) is 0 Å². The Morgan fingerprint density at radius 1 is 1.80 bits per heavy atom. The lowest BCUT2D eigenvalue weighted by atomic mass is 10.1. The zero-order chi connectivity index (χ0) is 7.56. The van der Waals surface area contributed by atoms with E-state index in [9.17, 15) is 4.79 Å². The minimum Gasteiger partial charge on any atom is -0.301 e. The molecule has 0 amide bonds. The molecule has 0 aromatic rings. The summed E-state index contributed by atoms with van der Waals surface area (Å²) >= 11 is 0. The van der Waals surface area contributed by atoms with Gasteiger partial charge in [0.15, 0.2) is 0 Å². The molecule has 0 aliphatic carbocycles. The summed E-state index contributed by atoms with van der Waals surface area (Å²) in [5.74, 6) is 0. The molecule has 1 aliphatic rings. The Morgan fingerprint density at radius 3 is 2.90 bits per heavy atom. The van der Waals surface area contributed by atoms with Gasteiger partial charge in [-0.25, -0.2) is 0 Å². The van der Waals surface area contributed by atoms with E-state index in [2.05, 4.69) is 19.2 Å². The van der Waals surface area contributed by atoms with Crippen molar-refractivity contribution in [1.82, 2.24) is 5.32 Å². The van der Waals surface area contributed by atoms with Gasteiger partial charge >= 0.3 is 0 Å². The van der Waals surface area contributed by atoms with Crippen LogP contribution in [0.3, 0.4) is 0 Å².